The molecule has 0 aliphatic heterocycles. The minimum atomic E-state index is -0.508. The molecular formula is C6H4FN3O. The summed E-state index contributed by atoms with van der Waals surface area (Å²) in [5.74, 6) is -0.508. The zero-order valence-electron chi connectivity index (χ0n) is 5.41. The number of H-pyrrole nitrogens is 1. The van der Waals surface area contributed by atoms with Crippen LogP contribution in [0.1, 0.15) is 0 Å². The lowest BCUT2D eigenvalue weighted by molar-refractivity contribution is 0.629. The topological polar surface area (TPSA) is 50.2 Å². The van der Waals surface area contributed by atoms with Crippen LogP contribution in [0.3, 0.4) is 0 Å². The van der Waals surface area contributed by atoms with Crippen molar-refractivity contribution in [1.29, 1.82) is 0 Å². The third-order valence-electron chi connectivity index (χ3n) is 1.40. The van der Waals surface area contributed by atoms with E-state index in [2.05, 4.69) is 10.2 Å². The largest absolute Gasteiger partial charge is 0.347 e. The molecule has 0 unspecified atom stereocenters. The summed E-state index contributed by atoms with van der Waals surface area (Å²) < 4.78 is 13.9. The van der Waals surface area contributed by atoms with E-state index in [0.717, 1.165) is 4.40 Å². The number of hydrogen-bond donors (Lipinski definition) is 1. The van der Waals surface area contributed by atoms with Crippen molar-refractivity contribution in [1.82, 2.24) is 14.6 Å². The van der Waals surface area contributed by atoms with Crippen LogP contribution in [-0.2, 0) is 0 Å². The Bertz CT molecular complexity index is 444. The number of pyridine rings is 1. The highest BCUT2D eigenvalue weighted by molar-refractivity contribution is 5.37. The first-order valence-corrected chi connectivity index (χ1v) is 3.00. The molecule has 0 spiro atoms. The third kappa shape index (κ3) is 0.739. The molecule has 0 amide bonds. The van der Waals surface area contributed by atoms with Crippen molar-refractivity contribution in [3.63, 3.8) is 0 Å². The lowest BCUT2D eigenvalue weighted by Crippen LogP contribution is -2.08. The van der Waals surface area contributed by atoms with E-state index in [-0.39, 0.29) is 5.65 Å². The van der Waals surface area contributed by atoms with Crippen LogP contribution in [0.25, 0.3) is 5.65 Å². The van der Waals surface area contributed by atoms with E-state index in [4.69, 9.17) is 0 Å². The molecule has 2 rings (SSSR count). The zero-order valence-corrected chi connectivity index (χ0v) is 5.41. The first-order valence-electron chi connectivity index (χ1n) is 3.00. The molecule has 0 atom stereocenters. The van der Waals surface area contributed by atoms with E-state index in [9.17, 15) is 9.18 Å². The maximum atomic E-state index is 12.8. The fourth-order valence-electron chi connectivity index (χ4n) is 0.900. The van der Waals surface area contributed by atoms with Crippen LogP contribution in [0.2, 0.25) is 0 Å². The minimum absolute atomic E-state index is 0.0255. The van der Waals surface area contributed by atoms with Gasteiger partial charge in [-0.2, -0.15) is 0 Å². The van der Waals surface area contributed by atoms with E-state index in [1.165, 1.54) is 18.3 Å². The third-order valence-corrected chi connectivity index (χ3v) is 1.40. The van der Waals surface area contributed by atoms with Gasteiger partial charge in [-0.1, -0.05) is 0 Å². The van der Waals surface area contributed by atoms with Gasteiger partial charge in [0, 0.05) is 6.20 Å². The molecule has 0 saturated heterocycles. The average Bonchev–Trinajstić information content (AvgIpc) is 2.35. The minimum Gasteiger partial charge on any atom is -0.248 e. The number of aromatic amines is 1. The molecule has 2 aromatic heterocycles. The molecule has 56 valence electrons. The number of hydrogen-bond acceptors (Lipinski definition) is 2. The highest BCUT2D eigenvalue weighted by atomic mass is 19.1. The van der Waals surface area contributed by atoms with Crippen molar-refractivity contribution >= 4 is 5.65 Å². The molecule has 0 aliphatic carbocycles. The molecule has 1 N–H and O–H groups in total. The first-order chi connectivity index (χ1) is 5.29. The maximum absolute atomic E-state index is 12.8. The lowest BCUT2D eigenvalue weighted by atomic mass is 10.4. The Morgan fingerprint density at radius 2 is 2.45 bits per heavy atom. The van der Waals surface area contributed by atoms with Crippen LogP contribution in [0.4, 0.5) is 4.39 Å². The second kappa shape index (κ2) is 1.91. The fraction of sp³-hybridized carbons (Fsp3) is 0. The van der Waals surface area contributed by atoms with Gasteiger partial charge in [0.05, 0.1) is 0 Å². The second-order valence-corrected chi connectivity index (χ2v) is 2.08. The Morgan fingerprint density at radius 1 is 1.64 bits per heavy atom. The summed E-state index contributed by atoms with van der Waals surface area (Å²) in [4.78, 5) is 10.8. The Hall–Kier alpha value is -1.65. The van der Waals surface area contributed by atoms with Gasteiger partial charge in [0.25, 0.3) is 0 Å². The summed E-state index contributed by atoms with van der Waals surface area (Å²) in [6.45, 7) is 0. The van der Waals surface area contributed by atoms with Gasteiger partial charge in [0.1, 0.15) is 0 Å². The van der Waals surface area contributed by atoms with Crippen LogP contribution in [0, 0.1) is 5.82 Å². The summed E-state index contributed by atoms with van der Waals surface area (Å²) in [5, 5.41) is 5.60. The van der Waals surface area contributed by atoms with E-state index in [0.29, 0.717) is 0 Å². The van der Waals surface area contributed by atoms with Gasteiger partial charge in [-0.15, -0.1) is 5.10 Å². The number of halogens is 1. The van der Waals surface area contributed by atoms with E-state index < -0.39 is 11.5 Å². The molecule has 11 heavy (non-hydrogen) atoms. The van der Waals surface area contributed by atoms with Crippen molar-refractivity contribution in [2.75, 3.05) is 0 Å². The number of aromatic nitrogens is 3. The predicted octanol–water partition coefficient (Wildman–Crippen LogP) is 0.162. The fourth-order valence-corrected chi connectivity index (χ4v) is 0.900. The van der Waals surface area contributed by atoms with Crippen LogP contribution in [-0.4, -0.2) is 14.6 Å². The molecular weight excluding hydrogens is 149 g/mol. The summed E-state index contributed by atoms with van der Waals surface area (Å²) in [6, 6.07) is 2.69. The van der Waals surface area contributed by atoms with Crippen molar-refractivity contribution in [3.8, 4) is 0 Å². The Labute approximate surface area is 60.3 Å². The normalized spacial score (nSPS) is 10.6. The molecule has 2 heterocycles. The van der Waals surface area contributed by atoms with E-state index in [1.807, 2.05) is 0 Å². The summed E-state index contributed by atoms with van der Waals surface area (Å²) >= 11 is 0. The molecule has 0 bridgehead atoms. The molecule has 0 radical (unpaired) electrons. The second-order valence-electron chi connectivity index (χ2n) is 2.08. The molecule has 0 aromatic carbocycles. The SMILES string of the molecule is O=c1[nH]nc2c(F)cccn12. The van der Waals surface area contributed by atoms with Gasteiger partial charge in [0.2, 0.25) is 0 Å². The van der Waals surface area contributed by atoms with Crippen LogP contribution in [0.5, 0.6) is 0 Å². The van der Waals surface area contributed by atoms with E-state index in [1.54, 1.807) is 0 Å². The Kier molecular flexibility index (Phi) is 1.06. The van der Waals surface area contributed by atoms with Gasteiger partial charge in [-0.05, 0) is 12.1 Å². The molecule has 2 aromatic rings. The van der Waals surface area contributed by atoms with Gasteiger partial charge in [0.15, 0.2) is 11.5 Å². The average molecular weight is 153 g/mol. The summed E-state index contributed by atoms with van der Waals surface area (Å²) in [7, 11) is 0. The highest BCUT2D eigenvalue weighted by Crippen LogP contribution is 2.00. The van der Waals surface area contributed by atoms with Crippen LogP contribution in [0.15, 0.2) is 23.1 Å². The van der Waals surface area contributed by atoms with Gasteiger partial charge >= 0.3 is 5.69 Å². The zero-order chi connectivity index (χ0) is 7.84. The van der Waals surface area contributed by atoms with Crippen molar-refractivity contribution in [2.24, 2.45) is 0 Å². The van der Waals surface area contributed by atoms with Gasteiger partial charge < -0.3 is 0 Å². The molecule has 0 aliphatic rings. The maximum Gasteiger partial charge on any atom is 0.347 e. The highest BCUT2D eigenvalue weighted by Gasteiger charge is 2.02. The molecule has 5 heteroatoms. The number of rotatable bonds is 0. The van der Waals surface area contributed by atoms with Gasteiger partial charge in [-0.25, -0.2) is 18.7 Å². The van der Waals surface area contributed by atoms with Gasteiger partial charge in [-0.3, -0.25) is 0 Å². The quantitative estimate of drug-likeness (QED) is 0.586. The predicted molar refractivity (Wildman–Crippen MR) is 35.8 cm³/mol. The van der Waals surface area contributed by atoms with Crippen molar-refractivity contribution < 1.29 is 4.39 Å². The van der Waals surface area contributed by atoms with Crippen LogP contribution < -0.4 is 5.69 Å². The van der Waals surface area contributed by atoms with Crippen molar-refractivity contribution in [2.45, 2.75) is 0 Å². The molecule has 0 saturated carbocycles. The number of fused-ring (bicyclic) bond motifs is 1. The van der Waals surface area contributed by atoms with Crippen molar-refractivity contribution in [3.05, 3.63) is 34.6 Å². The summed E-state index contributed by atoms with van der Waals surface area (Å²) in [5.41, 5.74) is -0.406. The first kappa shape index (κ1) is 6.09. The smallest absolute Gasteiger partial charge is 0.248 e. The monoisotopic (exact) mass is 153 g/mol. The van der Waals surface area contributed by atoms with Crippen LogP contribution >= 0.6 is 0 Å². The number of nitrogens with one attached hydrogen (secondary N) is 1. The molecule has 4 nitrogen and oxygen atoms in total. The Balaban J connectivity index is 3.06. The molecule has 0 fully saturated rings. The Morgan fingerprint density at radius 3 is 3.18 bits per heavy atom. The lowest BCUT2D eigenvalue weighted by Gasteiger charge is -1.88. The van der Waals surface area contributed by atoms with E-state index >= 15 is 0 Å². The summed E-state index contributed by atoms with van der Waals surface area (Å²) in [6.07, 6.45) is 1.45. The standard InChI is InChI=1S/C6H4FN3O/c7-4-2-1-3-10-5(4)8-9-6(10)11/h1-3H,(H,9,11). The number of nitrogens with zero attached hydrogens (tertiary/aromatic N) is 2.